The zero-order valence-corrected chi connectivity index (χ0v) is 16.0. The van der Waals surface area contributed by atoms with E-state index < -0.39 is 0 Å². The van der Waals surface area contributed by atoms with E-state index in [1.54, 1.807) is 0 Å². The minimum atomic E-state index is -0.145. The Morgan fingerprint density at radius 3 is 2.42 bits per heavy atom. The fourth-order valence-electron chi connectivity index (χ4n) is 3.45. The second-order valence-corrected chi connectivity index (χ2v) is 7.99. The summed E-state index contributed by atoms with van der Waals surface area (Å²) in [5, 5.41) is 5.96. The predicted octanol–water partition coefficient (Wildman–Crippen LogP) is 4.77. The molecule has 0 aliphatic carbocycles. The average molecular weight is 351 g/mol. The molecule has 0 saturated carbocycles. The molecule has 1 fully saturated rings. The Hall–Kier alpha value is -2.49. The maximum Gasteiger partial charge on any atom is 0.319 e. The summed E-state index contributed by atoms with van der Waals surface area (Å²) < 4.78 is 0. The maximum atomic E-state index is 12.3. The van der Waals surface area contributed by atoms with Crippen LogP contribution in [0.2, 0.25) is 0 Å². The van der Waals surface area contributed by atoms with Crippen LogP contribution < -0.4 is 15.5 Å². The molecular weight excluding hydrogens is 322 g/mol. The van der Waals surface area contributed by atoms with Gasteiger partial charge in [-0.15, -0.1) is 0 Å². The first kappa shape index (κ1) is 18.3. The van der Waals surface area contributed by atoms with Crippen LogP contribution in [-0.2, 0) is 5.41 Å². The largest absolute Gasteiger partial charge is 0.367 e. The van der Waals surface area contributed by atoms with Crippen molar-refractivity contribution in [3.05, 3.63) is 60.2 Å². The smallest absolute Gasteiger partial charge is 0.319 e. The number of hydrogen-bond donors (Lipinski definition) is 2. The summed E-state index contributed by atoms with van der Waals surface area (Å²) in [5.41, 5.74) is 3.43. The number of carbonyl (C=O) groups is 1. The second kappa shape index (κ2) is 7.81. The zero-order chi connectivity index (χ0) is 18.6. The first-order valence-electron chi connectivity index (χ1n) is 9.40. The molecule has 0 bridgehead atoms. The van der Waals surface area contributed by atoms with Crippen molar-refractivity contribution in [3.8, 4) is 0 Å². The van der Waals surface area contributed by atoms with Crippen LogP contribution in [0.5, 0.6) is 0 Å². The number of carbonyl (C=O) groups excluding carboxylic acids is 1. The summed E-state index contributed by atoms with van der Waals surface area (Å²) >= 11 is 0. The third-order valence-corrected chi connectivity index (χ3v) is 4.97. The van der Waals surface area contributed by atoms with E-state index in [4.69, 9.17) is 0 Å². The first-order chi connectivity index (χ1) is 12.4. The van der Waals surface area contributed by atoms with Crippen LogP contribution in [0.1, 0.15) is 39.2 Å². The predicted molar refractivity (Wildman–Crippen MR) is 109 cm³/mol. The highest BCUT2D eigenvalue weighted by molar-refractivity contribution is 5.89. The summed E-state index contributed by atoms with van der Waals surface area (Å²) in [6, 6.07) is 18.7. The van der Waals surface area contributed by atoms with Crippen molar-refractivity contribution < 1.29 is 4.79 Å². The summed E-state index contributed by atoms with van der Waals surface area (Å²) in [4.78, 5) is 14.6. The van der Waals surface area contributed by atoms with Crippen molar-refractivity contribution in [3.63, 3.8) is 0 Å². The second-order valence-electron chi connectivity index (χ2n) is 7.99. The molecule has 2 aromatic carbocycles. The van der Waals surface area contributed by atoms with E-state index in [0.29, 0.717) is 12.6 Å². The molecule has 0 radical (unpaired) electrons. The van der Waals surface area contributed by atoms with Crippen LogP contribution in [0.3, 0.4) is 0 Å². The van der Waals surface area contributed by atoms with Crippen molar-refractivity contribution >= 4 is 17.4 Å². The Balaban J connectivity index is 1.52. The van der Waals surface area contributed by atoms with E-state index in [2.05, 4.69) is 72.7 Å². The number of nitrogens with one attached hydrogen (secondary N) is 2. The van der Waals surface area contributed by atoms with Crippen LogP contribution in [-0.4, -0.2) is 25.2 Å². The van der Waals surface area contributed by atoms with Crippen LogP contribution in [0, 0.1) is 0 Å². The topological polar surface area (TPSA) is 44.4 Å². The monoisotopic (exact) mass is 351 g/mol. The van der Waals surface area contributed by atoms with Crippen LogP contribution in [0.15, 0.2) is 54.6 Å². The molecule has 2 N–H and O–H groups in total. The van der Waals surface area contributed by atoms with E-state index in [0.717, 1.165) is 25.1 Å². The molecule has 4 heteroatoms. The summed E-state index contributed by atoms with van der Waals surface area (Å²) in [6.07, 6.45) is 2.27. The molecule has 1 heterocycles. The first-order valence-corrected chi connectivity index (χ1v) is 9.40. The van der Waals surface area contributed by atoms with Crippen LogP contribution in [0.4, 0.5) is 16.2 Å². The molecule has 2 aromatic rings. The van der Waals surface area contributed by atoms with E-state index in [9.17, 15) is 4.79 Å². The number of hydrogen-bond acceptors (Lipinski definition) is 2. The lowest BCUT2D eigenvalue weighted by molar-refractivity contribution is 0.251. The fraction of sp³-hybridized carbons (Fsp3) is 0.409. The number of para-hydroxylation sites is 1. The van der Waals surface area contributed by atoms with Crippen molar-refractivity contribution in [1.82, 2.24) is 5.32 Å². The molecule has 138 valence electrons. The van der Waals surface area contributed by atoms with Crippen LogP contribution >= 0.6 is 0 Å². The summed E-state index contributed by atoms with van der Waals surface area (Å²) in [5.74, 6) is 0. The van der Waals surface area contributed by atoms with Gasteiger partial charge in [0.1, 0.15) is 0 Å². The molecule has 3 rings (SSSR count). The third-order valence-electron chi connectivity index (χ3n) is 4.97. The third kappa shape index (κ3) is 4.57. The van der Waals surface area contributed by atoms with Gasteiger partial charge in [0.2, 0.25) is 0 Å². The van der Waals surface area contributed by atoms with E-state index in [1.807, 2.05) is 18.2 Å². The van der Waals surface area contributed by atoms with Gasteiger partial charge in [-0.25, -0.2) is 4.79 Å². The van der Waals surface area contributed by atoms with Gasteiger partial charge in [0.25, 0.3) is 0 Å². The Kier molecular flexibility index (Phi) is 5.50. The molecule has 1 aliphatic heterocycles. The summed E-state index contributed by atoms with van der Waals surface area (Å²) in [7, 11) is 0. The lowest BCUT2D eigenvalue weighted by atomic mass is 9.87. The van der Waals surface area contributed by atoms with Gasteiger partial charge < -0.3 is 15.5 Å². The highest BCUT2D eigenvalue weighted by Gasteiger charge is 2.24. The maximum absolute atomic E-state index is 12.3. The van der Waals surface area contributed by atoms with Gasteiger partial charge in [0.15, 0.2) is 0 Å². The number of amides is 2. The quantitative estimate of drug-likeness (QED) is 0.833. The summed E-state index contributed by atoms with van der Waals surface area (Å²) in [6.45, 7) is 8.25. The number of benzene rings is 2. The molecule has 2 amide bonds. The molecule has 0 spiro atoms. The van der Waals surface area contributed by atoms with Crippen molar-refractivity contribution in [2.45, 2.75) is 45.1 Å². The standard InChI is InChI=1S/C22H29N3O/c1-22(2,3)17-11-13-18(14-12-17)24-21(26)23-16-20-10-7-15-25(20)19-8-5-4-6-9-19/h4-6,8-9,11-14,20H,7,10,15-16H2,1-3H3,(H2,23,24,26). The Bertz CT molecular complexity index is 719. The van der Waals surface area contributed by atoms with Gasteiger partial charge >= 0.3 is 6.03 Å². The lowest BCUT2D eigenvalue weighted by Crippen LogP contribution is -2.41. The number of nitrogens with zero attached hydrogens (tertiary/aromatic N) is 1. The van der Waals surface area contributed by atoms with Gasteiger partial charge in [-0.1, -0.05) is 51.1 Å². The van der Waals surface area contributed by atoms with Crippen molar-refractivity contribution in [2.75, 3.05) is 23.3 Å². The number of anilines is 2. The molecule has 1 atom stereocenters. The Morgan fingerprint density at radius 1 is 1.08 bits per heavy atom. The van der Waals surface area contributed by atoms with Gasteiger partial charge in [-0.3, -0.25) is 0 Å². The fourth-order valence-corrected chi connectivity index (χ4v) is 3.45. The number of rotatable bonds is 4. The molecular formula is C22H29N3O. The lowest BCUT2D eigenvalue weighted by Gasteiger charge is -2.27. The molecule has 26 heavy (non-hydrogen) atoms. The minimum absolute atomic E-state index is 0.115. The highest BCUT2D eigenvalue weighted by atomic mass is 16.2. The molecule has 4 nitrogen and oxygen atoms in total. The zero-order valence-electron chi connectivity index (χ0n) is 16.0. The van der Waals surface area contributed by atoms with E-state index in [-0.39, 0.29) is 11.4 Å². The minimum Gasteiger partial charge on any atom is -0.367 e. The SMILES string of the molecule is CC(C)(C)c1ccc(NC(=O)NCC2CCCN2c2ccccc2)cc1. The van der Waals surface area contributed by atoms with Gasteiger partial charge in [-0.05, 0) is 48.1 Å². The van der Waals surface area contributed by atoms with E-state index in [1.165, 1.54) is 11.3 Å². The Labute approximate surface area is 156 Å². The van der Waals surface area contributed by atoms with Crippen LogP contribution in [0.25, 0.3) is 0 Å². The molecule has 1 unspecified atom stereocenters. The Morgan fingerprint density at radius 2 is 1.77 bits per heavy atom. The molecule has 0 aromatic heterocycles. The average Bonchev–Trinajstić information content (AvgIpc) is 3.09. The van der Waals surface area contributed by atoms with Gasteiger partial charge in [0, 0.05) is 30.5 Å². The number of urea groups is 1. The molecule has 1 saturated heterocycles. The van der Waals surface area contributed by atoms with Crippen molar-refractivity contribution in [2.24, 2.45) is 0 Å². The molecule has 1 aliphatic rings. The normalized spacial score (nSPS) is 17.2. The van der Waals surface area contributed by atoms with Gasteiger partial charge in [0.05, 0.1) is 0 Å². The van der Waals surface area contributed by atoms with E-state index >= 15 is 0 Å². The van der Waals surface area contributed by atoms with Crippen molar-refractivity contribution in [1.29, 1.82) is 0 Å². The highest BCUT2D eigenvalue weighted by Crippen LogP contribution is 2.25. The van der Waals surface area contributed by atoms with Gasteiger partial charge in [-0.2, -0.15) is 0 Å².